The van der Waals surface area contributed by atoms with Gasteiger partial charge in [0, 0.05) is 30.8 Å². The van der Waals surface area contributed by atoms with Crippen molar-refractivity contribution in [2.75, 3.05) is 18.0 Å². The van der Waals surface area contributed by atoms with Crippen molar-refractivity contribution in [3.63, 3.8) is 0 Å². The highest BCUT2D eigenvalue weighted by Gasteiger charge is 2.21. The van der Waals surface area contributed by atoms with Gasteiger partial charge in [0.05, 0.1) is 5.69 Å². The van der Waals surface area contributed by atoms with Crippen LogP contribution in [-0.2, 0) is 0 Å². The summed E-state index contributed by atoms with van der Waals surface area (Å²) >= 11 is 0. The second-order valence-electron chi connectivity index (χ2n) is 4.82. The largest absolute Gasteiger partial charge is 0.341 e. The molecule has 98 valence electrons. The number of anilines is 1. The van der Waals surface area contributed by atoms with E-state index in [0.717, 1.165) is 25.1 Å². The highest BCUT2D eigenvalue weighted by Crippen LogP contribution is 2.19. The number of nitrogens with zero attached hydrogens (tertiary/aromatic N) is 2. The lowest BCUT2D eigenvalue weighted by molar-refractivity contribution is 0.750. The molecule has 1 atom stereocenters. The number of hydrogen-bond donors (Lipinski definition) is 2. The molecule has 5 heteroatoms. The number of nitrogens with one attached hydrogen (secondary N) is 1. The highest BCUT2D eigenvalue weighted by atomic mass is 16.1. The van der Waals surface area contributed by atoms with E-state index in [2.05, 4.69) is 9.97 Å². The smallest absolute Gasteiger partial charge is 0.252 e. The molecule has 0 bridgehead atoms. The molecule has 5 nitrogen and oxygen atoms in total. The fraction of sp³-hybridized carbons (Fsp3) is 0.286. The van der Waals surface area contributed by atoms with E-state index in [-0.39, 0.29) is 11.6 Å². The van der Waals surface area contributed by atoms with Crippen LogP contribution in [-0.4, -0.2) is 29.1 Å². The van der Waals surface area contributed by atoms with Gasteiger partial charge in [-0.25, -0.2) is 4.98 Å². The monoisotopic (exact) mass is 256 g/mol. The molecule has 0 spiro atoms. The van der Waals surface area contributed by atoms with Crippen LogP contribution in [0, 0.1) is 0 Å². The Kier molecular flexibility index (Phi) is 3.05. The summed E-state index contributed by atoms with van der Waals surface area (Å²) < 4.78 is 0. The van der Waals surface area contributed by atoms with Crippen molar-refractivity contribution in [3.05, 3.63) is 46.8 Å². The molecule has 19 heavy (non-hydrogen) atoms. The molecular weight excluding hydrogens is 240 g/mol. The SMILES string of the molecule is NC1CCN(c2nc(-c3ccccc3)cc(=O)[nH]2)C1. The molecule has 1 aromatic heterocycles. The van der Waals surface area contributed by atoms with Crippen LogP contribution in [0.3, 0.4) is 0 Å². The summed E-state index contributed by atoms with van der Waals surface area (Å²) in [5.41, 5.74) is 7.39. The van der Waals surface area contributed by atoms with Gasteiger partial charge in [-0.05, 0) is 6.42 Å². The first-order valence-corrected chi connectivity index (χ1v) is 6.40. The molecule has 2 heterocycles. The first-order chi connectivity index (χ1) is 9.22. The Bertz CT molecular complexity index is 623. The van der Waals surface area contributed by atoms with Gasteiger partial charge in [-0.1, -0.05) is 30.3 Å². The zero-order valence-electron chi connectivity index (χ0n) is 10.5. The zero-order chi connectivity index (χ0) is 13.2. The molecule has 0 radical (unpaired) electrons. The summed E-state index contributed by atoms with van der Waals surface area (Å²) in [6.07, 6.45) is 0.930. The minimum absolute atomic E-state index is 0.135. The van der Waals surface area contributed by atoms with Crippen LogP contribution in [0.2, 0.25) is 0 Å². The van der Waals surface area contributed by atoms with Crippen molar-refractivity contribution in [2.45, 2.75) is 12.5 Å². The molecule has 3 rings (SSSR count). The number of H-pyrrole nitrogens is 1. The van der Waals surface area contributed by atoms with Gasteiger partial charge >= 0.3 is 0 Å². The summed E-state index contributed by atoms with van der Waals surface area (Å²) in [7, 11) is 0. The minimum atomic E-state index is -0.135. The van der Waals surface area contributed by atoms with E-state index in [9.17, 15) is 4.79 Å². The molecular formula is C14H16N4O. The summed E-state index contributed by atoms with van der Waals surface area (Å²) in [5, 5.41) is 0. The van der Waals surface area contributed by atoms with E-state index in [1.807, 2.05) is 35.2 Å². The number of hydrogen-bond acceptors (Lipinski definition) is 4. The van der Waals surface area contributed by atoms with Crippen molar-refractivity contribution in [1.82, 2.24) is 9.97 Å². The molecule has 0 saturated carbocycles. The van der Waals surface area contributed by atoms with Crippen LogP contribution in [0.1, 0.15) is 6.42 Å². The average molecular weight is 256 g/mol. The van der Waals surface area contributed by atoms with Crippen LogP contribution in [0.25, 0.3) is 11.3 Å². The lowest BCUT2D eigenvalue weighted by Gasteiger charge is -2.16. The molecule has 1 saturated heterocycles. The van der Waals surface area contributed by atoms with Crippen LogP contribution < -0.4 is 16.2 Å². The Morgan fingerprint density at radius 1 is 1.32 bits per heavy atom. The Morgan fingerprint density at radius 2 is 2.11 bits per heavy atom. The van der Waals surface area contributed by atoms with Gasteiger partial charge in [-0.15, -0.1) is 0 Å². The highest BCUT2D eigenvalue weighted by molar-refractivity contribution is 5.59. The van der Waals surface area contributed by atoms with Crippen molar-refractivity contribution in [2.24, 2.45) is 5.73 Å². The topological polar surface area (TPSA) is 75.0 Å². The summed E-state index contributed by atoms with van der Waals surface area (Å²) in [4.78, 5) is 21.1. The van der Waals surface area contributed by atoms with Gasteiger partial charge in [0.25, 0.3) is 5.56 Å². The third-order valence-corrected chi connectivity index (χ3v) is 3.32. The van der Waals surface area contributed by atoms with Crippen molar-refractivity contribution in [3.8, 4) is 11.3 Å². The van der Waals surface area contributed by atoms with Gasteiger partial charge in [0.1, 0.15) is 0 Å². The second-order valence-corrected chi connectivity index (χ2v) is 4.82. The molecule has 1 aromatic carbocycles. The van der Waals surface area contributed by atoms with Gasteiger partial charge in [-0.2, -0.15) is 0 Å². The lowest BCUT2D eigenvalue weighted by Crippen LogP contribution is -2.29. The Hall–Kier alpha value is -2.14. The van der Waals surface area contributed by atoms with Gasteiger partial charge in [0.15, 0.2) is 0 Å². The lowest BCUT2D eigenvalue weighted by atomic mass is 10.1. The van der Waals surface area contributed by atoms with Crippen molar-refractivity contribution < 1.29 is 0 Å². The Labute approximate surface area is 111 Å². The van der Waals surface area contributed by atoms with E-state index < -0.39 is 0 Å². The average Bonchev–Trinajstić information content (AvgIpc) is 2.86. The zero-order valence-corrected chi connectivity index (χ0v) is 10.5. The maximum absolute atomic E-state index is 11.8. The minimum Gasteiger partial charge on any atom is -0.341 e. The third-order valence-electron chi connectivity index (χ3n) is 3.32. The summed E-state index contributed by atoms with van der Waals surface area (Å²) in [6.45, 7) is 1.57. The Balaban J connectivity index is 1.99. The molecule has 1 aliphatic rings. The number of rotatable bonds is 2. The van der Waals surface area contributed by atoms with Gasteiger partial charge in [-0.3, -0.25) is 9.78 Å². The predicted molar refractivity (Wildman–Crippen MR) is 75.1 cm³/mol. The molecule has 1 fully saturated rings. The van der Waals surface area contributed by atoms with Crippen LogP contribution >= 0.6 is 0 Å². The molecule has 1 unspecified atom stereocenters. The molecule has 2 aromatic rings. The number of benzene rings is 1. The quantitative estimate of drug-likeness (QED) is 0.839. The fourth-order valence-corrected chi connectivity index (χ4v) is 2.33. The van der Waals surface area contributed by atoms with Crippen LogP contribution in [0.5, 0.6) is 0 Å². The van der Waals surface area contributed by atoms with E-state index >= 15 is 0 Å². The standard InChI is InChI=1S/C14H16N4O/c15-11-6-7-18(9-11)14-16-12(8-13(19)17-14)10-4-2-1-3-5-10/h1-5,8,11H,6-7,9,15H2,(H,16,17,19). The van der Waals surface area contributed by atoms with Gasteiger partial charge in [0.2, 0.25) is 5.95 Å². The fourth-order valence-electron chi connectivity index (χ4n) is 2.33. The Morgan fingerprint density at radius 3 is 2.79 bits per heavy atom. The van der Waals surface area contributed by atoms with Crippen LogP contribution in [0.4, 0.5) is 5.95 Å². The molecule has 1 aliphatic heterocycles. The maximum Gasteiger partial charge on any atom is 0.252 e. The molecule has 0 aliphatic carbocycles. The summed E-state index contributed by atoms with van der Waals surface area (Å²) in [5.74, 6) is 0.610. The molecule has 0 amide bonds. The number of nitrogens with two attached hydrogens (primary N) is 1. The second kappa shape index (κ2) is 4.85. The number of aromatic nitrogens is 2. The van der Waals surface area contributed by atoms with E-state index in [1.54, 1.807) is 0 Å². The first kappa shape index (κ1) is 11.9. The molecule has 3 N–H and O–H groups in total. The normalized spacial score (nSPS) is 18.8. The summed E-state index contributed by atoms with van der Waals surface area (Å²) in [6, 6.07) is 11.4. The number of aromatic amines is 1. The van der Waals surface area contributed by atoms with E-state index in [1.165, 1.54) is 6.07 Å². The van der Waals surface area contributed by atoms with Crippen molar-refractivity contribution in [1.29, 1.82) is 0 Å². The van der Waals surface area contributed by atoms with Crippen molar-refractivity contribution >= 4 is 5.95 Å². The first-order valence-electron chi connectivity index (χ1n) is 6.40. The maximum atomic E-state index is 11.8. The van der Waals surface area contributed by atoms with Gasteiger partial charge < -0.3 is 10.6 Å². The van der Waals surface area contributed by atoms with Crippen LogP contribution in [0.15, 0.2) is 41.2 Å². The predicted octanol–water partition coefficient (Wildman–Crippen LogP) is 0.974. The van der Waals surface area contributed by atoms with E-state index in [0.29, 0.717) is 11.6 Å². The van der Waals surface area contributed by atoms with E-state index in [4.69, 9.17) is 5.73 Å². The third kappa shape index (κ3) is 2.51.